The van der Waals surface area contributed by atoms with Crippen LogP contribution in [0.1, 0.15) is 35.6 Å². The molecule has 0 aliphatic carbocycles. The summed E-state index contributed by atoms with van der Waals surface area (Å²) in [6.45, 7) is 6.04. The maximum Gasteiger partial charge on any atom is 0.315 e. The van der Waals surface area contributed by atoms with Crippen LogP contribution in [0.3, 0.4) is 0 Å². The van der Waals surface area contributed by atoms with Crippen LogP contribution in [0.4, 0.5) is 4.79 Å². The minimum absolute atomic E-state index is 0.141. The van der Waals surface area contributed by atoms with E-state index in [4.69, 9.17) is 4.42 Å². The lowest BCUT2D eigenvalue weighted by atomic mass is 10.1. The summed E-state index contributed by atoms with van der Waals surface area (Å²) >= 11 is 0. The second-order valence-corrected chi connectivity index (χ2v) is 7.34. The van der Waals surface area contributed by atoms with E-state index in [1.165, 1.54) is 0 Å². The number of furan rings is 1. The van der Waals surface area contributed by atoms with E-state index in [9.17, 15) is 9.00 Å². The van der Waals surface area contributed by atoms with Crippen molar-refractivity contribution in [2.24, 2.45) is 0 Å². The summed E-state index contributed by atoms with van der Waals surface area (Å²) < 4.78 is 17.5. The van der Waals surface area contributed by atoms with Crippen LogP contribution in [0.25, 0.3) is 0 Å². The second kappa shape index (κ2) is 8.68. The highest BCUT2D eigenvalue weighted by molar-refractivity contribution is 7.84. The molecule has 130 valence electrons. The Morgan fingerprint density at radius 1 is 1.25 bits per heavy atom. The molecule has 0 saturated carbocycles. The molecule has 0 aliphatic heterocycles. The maximum atomic E-state index is 12.0. The SMILES string of the molecule is Cc1cc([C@H](C)NC(=O)NCC[S@@](=O)Cc2ccccc2)c(C)o1. The third-order valence-corrected chi connectivity index (χ3v) is 4.99. The minimum atomic E-state index is -0.994. The van der Waals surface area contributed by atoms with Gasteiger partial charge in [0.25, 0.3) is 0 Å². The van der Waals surface area contributed by atoms with Gasteiger partial charge >= 0.3 is 6.03 Å². The molecule has 0 radical (unpaired) electrons. The van der Waals surface area contributed by atoms with Crippen molar-refractivity contribution < 1.29 is 13.4 Å². The van der Waals surface area contributed by atoms with Gasteiger partial charge < -0.3 is 15.1 Å². The smallest absolute Gasteiger partial charge is 0.315 e. The number of urea groups is 1. The lowest BCUT2D eigenvalue weighted by Crippen LogP contribution is -2.38. The summed E-state index contributed by atoms with van der Waals surface area (Å²) in [4.78, 5) is 11.9. The summed E-state index contributed by atoms with van der Waals surface area (Å²) in [6, 6.07) is 11.2. The van der Waals surface area contributed by atoms with Crippen LogP contribution in [0.2, 0.25) is 0 Å². The number of hydrogen-bond donors (Lipinski definition) is 2. The Morgan fingerprint density at radius 3 is 2.58 bits per heavy atom. The van der Waals surface area contributed by atoms with Crippen LogP contribution in [0.5, 0.6) is 0 Å². The highest BCUT2D eigenvalue weighted by Gasteiger charge is 2.14. The van der Waals surface area contributed by atoms with E-state index >= 15 is 0 Å². The Hall–Kier alpha value is -2.08. The van der Waals surface area contributed by atoms with Gasteiger partial charge in [0.05, 0.1) is 6.04 Å². The van der Waals surface area contributed by atoms with Gasteiger partial charge in [-0.3, -0.25) is 4.21 Å². The van der Waals surface area contributed by atoms with Gasteiger partial charge in [-0.1, -0.05) is 30.3 Å². The average Bonchev–Trinajstić information content (AvgIpc) is 2.87. The molecule has 2 amide bonds. The molecule has 0 aliphatic rings. The molecule has 1 heterocycles. The first-order valence-corrected chi connectivity index (χ1v) is 9.44. The van der Waals surface area contributed by atoms with Crippen molar-refractivity contribution >= 4 is 16.8 Å². The summed E-state index contributed by atoms with van der Waals surface area (Å²) in [7, 11) is -0.994. The Balaban J connectivity index is 1.71. The van der Waals surface area contributed by atoms with E-state index in [-0.39, 0.29) is 12.1 Å². The van der Waals surface area contributed by atoms with Gasteiger partial charge in [-0.15, -0.1) is 0 Å². The van der Waals surface area contributed by atoms with Gasteiger partial charge in [0.15, 0.2) is 0 Å². The zero-order valence-electron chi connectivity index (χ0n) is 14.3. The summed E-state index contributed by atoms with van der Waals surface area (Å²) in [5, 5.41) is 5.62. The van der Waals surface area contributed by atoms with Crippen LogP contribution in [0.15, 0.2) is 40.8 Å². The zero-order chi connectivity index (χ0) is 17.5. The first-order valence-electron chi connectivity index (χ1n) is 7.96. The number of rotatable bonds is 7. The molecule has 1 aromatic heterocycles. The fourth-order valence-electron chi connectivity index (χ4n) is 2.52. The molecule has 6 heteroatoms. The molecule has 5 nitrogen and oxygen atoms in total. The zero-order valence-corrected chi connectivity index (χ0v) is 15.1. The molecule has 1 aromatic carbocycles. The third kappa shape index (κ3) is 5.53. The highest BCUT2D eigenvalue weighted by atomic mass is 32.2. The number of nitrogens with one attached hydrogen (secondary N) is 2. The molecule has 2 aromatic rings. The van der Waals surface area contributed by atoms with Crippen molar-refractivity contribution in [2.75, 3.05) is 12.3 Å². The predicted molar refractivity (Wildman–Crippen MR) is 96.3 cm³/mol. The van der Waals surface area contributed by atoms with Gasteiger partial charge in [0.2, 0.25) is 0 Å². The number of aryl methyl sites for hydroxylation is 2. The summed E-state index contributed by atoms with van der Waals surface area (Å²) in [5.74, 6) is 2.58. The van der Waals surface area contributed by atoms with Gasteiger partial charge in [-0.2, -0.15) is 0 Å². The molecule has 0 fully saturated rings. The molecule has 0 saturated heterocycles. The molecule has 24 heavy (non-hydrogen) atoms. The fourth-order valence-corrected chi connectivity index (χ4v) is 3.55. The number of benzene rings is 1. The Labute approximate surface area is 145 Å². The van der Waals surface area contributed by atoms with Crippen LogP contribution in [0, 0.1) is 13.8 Å². The van der Waals surface area contributed by atoms with Gasteiger partial charge in [-0.25, -0.2) is 4.79 Å². The van der Waals surface area contributed by atoms with E-state index in [2.05, 4.69) is 10.6 Å². The molecule has 2 N–H and O–H groups in total. The van der Waals surface area contributed by atoms with Gasteiger partial charge in [-0.05, 0) is 32.4 Å². The Morgan fingerprint density at radius 2 is 1.96 bits per heavy atom. The van der Waals surface area contributed by atoms with Crippen LogP contribution < -0.4 is 10.6 Å². The Kier molecular flexibility index (Phi) is 6.61. The van der Waals surface area contributed by atoms with Crippen molar-refractivity contribution in [3.05, 3.63) is 59.0 Å². The van der Waals surface area contributed by atoms with E-state index in [0.717, 1.165) is 22.6 Å². The van der Waals surface area contributed by atoms with Crippen LogP contribution in [-0.2, 0) is 16.6 Å². The van der Waals surface area contributed by atoms with Crippen molar-refractivity contribution in [1.82, 2.24) is 10.6 Å². The quantitative estimate of drug-likeness (QED) is 0.807. The standard InChI is InChI=1S/C18H24N2O3S/c1-13-11-17(15(3)23-13)14(2)20-18(21)19-9-10-24(22)12-16-7-5-4-6-8-16/h4-8,11,14H,9-10,12H2,1-3H3,(H2,19,20,21)/t14-,24+/m0/s1. The van der Waals surface area contributed by atoms with E-state index in [1.54, 1.807) is 0 Å². The third-order valence-electron chi connectivity index (χ3n) is 3.68. The normalized spacial score (nSPS) is 13.3. The number of amides is 2. The Bertz CT molecular complexity index is 698. The number of carbonyl (C=O) groups is 1. The fraction of sp³-hybridized carbons (Fsp3) is 0.389. The summed E-state index contributed by atoms with van der Waals surface area (Å²) in [5.41, 5.74) is 2.01. The van der Waals surface area contributed by atoms with E-state index in [0.29, 0.717) is 18.1 Å². The molecular formula is C18H24N2O3S. The highest BCUT2D eigenvalue weighted by Crippen LogP contribution is 2.20. The van der Waals surface area contributed by atoms with Crippen LogP contribution >= 0.6 is 0 Å². The first kappa shape index (κ1) is 18.3. The topological polar surface area (TPSA) is 71.3 Å². The predicted octanol–water partition coefficient (Wildman–Crippen LogP) is 3.21. The van der Waals surface area contributed by atoms with Gasteiger partial charge in [0.1, 0.15) is 11.5 Å². The second-order valence-electron chi connectivity index (χ2n) is 5.76. The van der Waals surface area contributed by atoms with Crippen molar-refractivity contribution in [1.29, 1.82) is 0 Å². The number of carbonyl (C=O) groups excluding carboxylic acids is 1. The monoisotopic (exact) mass is 348 g/mol. The molecular weight excluding hydrogens is 324 g/mol. The molecule has 0 spiro atoms. The maximum absolute atomic E-state index is 12.0. The van der Waals surface area contributed by atoms with Crippen LogP contribution in [-0.4, -0.2) is 22.5 Å². The average molecular weight is 348 g/mol. The minimum Gasteiger partial charge on any atom is -0.466 e. The first-order chi connectivity index (χ1) is 11.5. The molecule has 0 bridgehead atoms. The molecule has 2 atom stereocenters. The van der Waals surface area contributed by atoms with Crippen molar-refractivity contribution in [3.8, 4) is 0 Å². The van der Waals surface area contributed by atoms with Gasteiger partial charge in [0, 0.05) is 34.4 Å². The molecule has 0 unspecified atom stereocenters. The van der Waals surface area contributed by atoms with E-state index in [1.807, 2.05) is 57.2 Å². The molecule has 2 rings (SSSR count). The largest absolute Gasteiger partial charge is 0.466 e. The summed E-state index contributed by atoms with van der Waals surface area (Å²) in [6.07, 6.45) is 0. The van der Waals surface area contributed by atoms with Crippen molar-refractivity contribution in [3.63, 3.8) is 0 Å². The lowest BCUT2D eigenvalue weighted by Gasteiger charge is -2.14. The van der Waals surface area contributed by atoms with E-state index < -0.39 is 10.8 Å². The number of hydrogen-bond acceptors (Lipinski definition) is 3. The lowest BCUT2D eigenvalue weighted by molar-refractivity contribution is 0.238. The van der Waals surface area contributed by atoms with Crippen molar-refractivity contribution in [2.45, 2.75) is 32.6 Å².